The molecule has 2 aromatic carbocycles. The molecule has 4 N–H and O–H groups in total. The number of carbonyl (C=O) groups excluding carboxylic acids is 1. The number of hydrogen-bond acceptors (Lipinski definition) is 3. The molecule has 0 atom stereocenters. The third-order valence-electron chi connectivity index (χ3n) is 2.66. The van der Waals surface area contributed by atoms with Crippen LogP contribution in [0.4, 0.5) is 18.9 Å². The third kappa shape index (κ3) is 3.44. The van der Waals surface area contributed by atoms with Gasteiger partial charge in [0.2, 0.25) is 0 Å². The lowest BCUT2D eigenvalue weighted by Gasteiger charge is -2.12. The first-order valence-electron chi connectivity index (χ1n) is 5.82. The second kappa shape index (κ2) is 5.35. The summed E-state index contributed by atoms with van der Waals surface area (Å²) in [6.07, 6.45) is -4.57. The van der Waals surface area contributed by atoms with Crippen molar-refractivity contribution in [3.8, 4) is 11.5 Å². The molecule has 0 saturated carbocycles. The number of anilines is 1. The molecule has 0 radical (unpaired) electrons. The van der Waals surface area contributed by atoms with E-state index in [4.69, 9.17) is 16.2 Å². The molecule has 0 aliphatic rings. The van der Waals surface area contributed by atoms with Gasteiger partial charge in [0, 0.05) is 11.8 Å². The number of alkyl halides is 3. The van der Waals surface area contributed by atoms with Crippen LogP contribution >= 0.6 is 0 Å². The second-order valence-corrected chi connectivity index (χ2v) is 4.25. The van der Waals surface area contributed by atoms with Crippen molar-refractivity contribution in [1.29, 1.82) is 0 Å². The normalized spacial score (nSPS) is 11.2. The Morgan fingerprint density at radius 3 is 2.38 bits per heavy atom. The van der Waals surface area contributed by atoms with E-state index in [1.54, 1.807) is 18.2 Å². The van der Waals surface area contributed by atoms with Gasteiger partial charge in [-0.2, -0.15) is 13.2 Å². The highest BCUT2D eigenvalue weighted by Crippen LogP contribution is 2.34. The van der Waals surface area contributed by atoms with Crippen LogP contribution in [0.2, 0.25) is 0 Å². The van der Waals surface area contributed by atoms with Crippen LogP contribution in [-0.2, 0) is 6.18 Å². The van der Waals surface area contributed by atoms with Crippen molar-refractivity contribution in [2.45, 2.75) is 6.18 Å². The summed E-state index contributed by atoms with van der Waals surface area (Å²) >= 11 is 0. The largest absolute Gasteiger partial charge is 0.456 e. The smallest absolute Gasteiger partial charge is 0.416 e. The van der Waals surface area contributed by atoms with E-state index in [1.165, 1.54) is 6.07 Å². The number of rotatable bonds is 3. The molecule has 0 saturated heterocycles. The fourth-order valence-electron chi connectivity index (χ4n) is 1.69. The SMILES string of the molecule is NC(=O)c1cc(C(F)(F)F)ccc1Oc1cccc(N)c1. The van der Waals surface area contributed by atoms with Crippen LogP contribution in [0, 0.1) is 0 Å². The van der Waals surface area contributed by atoms with Gasteiger partial charge in [-0.05, 0) is 30.3 Å². The van der Waals surface area contributed by atoms with E-state index in [0.29, 0.717) is 11.8 Å². The molecule has 0 heterocycles. The molecule has 4 nitrogen and oxygen atoms in total. The Labute approximate surface area is 118 Å². The molecule has 21 heavy (non-hydrogen) atoms. The van der Waals surface area contributed by atoms with Crippen LogP contribution in [0.25, 0.3) is 0 Å². The van der Waals surface area contributed by atoms with E-state index in [0.717, 1.165) is 12.1 Å². The van der Waals surface area contributed by atoms with Gasteiger partial charge in [-0.25, -0.2) is 0 Å². The van der Waals surface area contributed by atoms with Gasteiger partial charge in [-0.3, -0.25) is 4.79 Å². The van der Waals surface area contributed by atoms with E-state index < -0.39 is 17.6 Å². The van der Waals surface area contributed by atoms with E-state index in [9.17, 15) is 18.0 Å². The Kier molecular flexibility index (Phi) is 3.75. The predicted molar refractivity (Wildman–Crippen MR) is 70.9 cm³/mol. The van der Waals surface area contributed by atoms with Crippen molar-refractivity contribution in [3.05, 3.63) is 53.6 Å². The number of nitrogens with two attached hydrogens (primary N) is 2. The molecular formula is C14H11F3N2O2. The van der Waals surface area contributed by atoms with Crippen LogP contribution in [0.15, 0.2) is 42.5 Å². The minimum absolute atomic E-state index is 0.0684. The van der Waals surface area contributed by atoms with Crippen molar-refractivity contribution in [1.82, 2.24) is 0 Å². The molecule has 0 aliphatic carbocycles. The van der Waals surface area contributed by atoms with Gasteiger partial charge in [0.05, 0.1) is 11.1 Å². The first kappa shape index (κ1) is 14.7. The first-order chi connectivity index (χ1) is 9.77. The van der Waals surface area contributed by atoms with Crippen molar-refractivity contribution < 1.29 is 22.7 Å². The van der Waals surface area contributed by atoms with E-state index >= 15 is 0 Å². The lowest BCUT2D eigenvalue weighted by molar-refractivity contribution is -0.137. The maximum atomic E-state index is 12.6. The lowest BCUT2D eigenvalue weighted by atomic mass is 10.1. The first-order valence-corrected chi connectivity index (χ1v) is 5.82. The molecule has 0 unspecified atom stereocenters. The highest BCUT2D eigenvalue weighted by atomic mass is 19.4. The number of benzene rings is 2. The monoisotopic (exact) mass is 296 g/mol. The second-order valence-electron chi connectivity index (χ2n) is 4.25. The van der Waals surface area contributed by atoms with E-state index in [2.05, 4.69) is 0 Å². The zero-order valence-corrected chi connectivity index (χ0v) is 10.6. The number of amides is 1. The summed E-state index contributed by atoms with van der Waals surface area (Å²) in [5.41, 5.74) is 9.76. The Hall–Kier alpha value is -2.70. The predicted octanol–water partition coefficient (Wildman–Crippen LogP) is 3.18. The summed E-state index contributed by atoms with van der Waals surface area (Å²) in [6.45, 7) is 0. The van der Waals surface area contributed by atoms with Crippen molar-refractivity contribution in [2.24, 2.45) is 5.73 Å². The van der Waals surface area contributed by atoms with Gasteiger partial charge in [0.15, 0.2) is 0 Å². The van der Waals surface area contributed by atoms with Gasteiger partial charge < -0.3 is 16.2 Å². The molecule has 2 rings (SSSR count). The minimum atomic E-state index is -4.57. The van der Waals surface area contributed by atoms with Crippen LogP contribution < -0.4 is 16.2 Å². The number of halogens is 3. The Bertz CT molecular complexity index is 684. The Morgan fingerprint density at radius 2 is 1.81 bits per heavy atom. The number of nitrogen functional groups attached to an aromatic ring is 1. The summed E-state index contributed by atoms with van der Waals surface area (Å²) in [5, 5.41) is 0. The summed E-state index contributed by atoms with van der Waals surface area (Å²) in [7, 11) is 0. The summed E-state index contributed by atoms with van der Waals surface area (Å²) in [4.78, 5) is 11.3. The third-order valence-corrected chi connectivity index (χ3v) is 2.66. The van der Waals surface area contributed by atoms with E-state index in [1.807, 2.05) is 0 Å². The highest BCUT2D eigenvalue weighted by Gasteiger charge is 2.31. The molecule has 0 bridgehead atoms. The molecule has 0 aliphatic heterocycles. The maximum absolute atomic E-state index is 12.6. The van der Waals surface area contributed by atoms with Gasteiger partial charge >= 0.3 is 6.18 Å². The Morgan fingerprint density at radius 1 is 1.10 bits per heavy atom. The molecular weight excluding hydrogens is 285 g/mol. The lowest BCUT2D eigenvalue weighted by Crippen LogP contribution is -2.14. The number of carbonyl (C=O) groups is 1. The standard InChI is InChI=1S/C14H11F3N2O2/c15-14(16,17)8-4-5-12(11(6-8)13(19)20)21-10-3-1-2-9(18)7-10/h1-7H,18H2,(H2,19,20). The average Bonchev–Trinajstić information content (AvgIpc) is 2.37. The van der Waals surface area contributed by atoms with Gasteiger partial charge in [0.1, 0.15) is 11.5 Å². The molecule has 7 heteroatoms. The maximum Gasteiger partial charge on any atom is 0.416 e. The fourth-order valence-corrected chi connectivity index (χ4v) is 1.69. The highest BCUT2D eigenvalue weighted by molar-refractivity contribution is 5.96. The molecule has 0 fully saturated rings. The molecule has 0 spiro atoms. The van der Waals surface area contributed by atoms with Crippen LogP contribution in [0.1, 0.15) is 15.9 Å². The molecule has 110 valence electrons. The van der Waals surface area contributed by atoms with Crippen molar-refractivity contribution in [2.75, 3.05) is 5.73 Å². The summed E-state index contributed by atoms with van der Waals surface area (Å²) < 4.78 is 43.3. The molecule has 0 aromatic heterocycles. The number of ether oxygens (including phenoxy) is 1. The number of hydrogen-bond donors (Lipinski definition) is 2. The van der Waals surface area contributed by atoms with Crippen LogP contribution in [-0.4, -0.2) is 5.91 Å². The van der Waals surface area contributed by atoms with Gasteiger partial charge in [-0.15, -0.1) is 0 Å². The molecule has 1 amide bonds. The number of primary amides is 1. The molecule has 2 aromatic rings. The zero-order valence-electron chi connectivity index (χ0n) is 10.6. The van der Waals surface area contributed by atoms with E-state index in [-0.39, 0.29) is 17.1 Å². The van der Waals surface area contributed by atoms with Gasteiger partial charge in [0.25, 0.3) is 5.91 Å². The minimum Gasteiger partial charge on any atom is -0.456 e. The van der Waals surface area contributed by atoms with Crippen LogP contribution in [0.3, 0.4) is 0 Å². The Balaban J connectivity index is 2.42. The van der Waals surface area contributed by atoms with Crippen LogP contribution in [0.5, 0.6) is 11.5 Å². The quantitative estimate of drug-likeness (QED) is 0.854. The summed E-state index contributed by atoms with van der Waals surface area (Å²) in [6, 6.07) is 8.78. The fraction of sp³-hybridized carbons (Fsp3) is 0.0714. The summed E-state index contributed by atoms with van der Waals surface area (Å²) in [5.74, 6) is -0.793. The zero-order chi connectivity index (χ0) is 15.6. The van der Waals surface area contributed by atoms with Crippen molar-refractivity contribution in [3.63, 3.8) is 0 Å². The van der Waals surface area contributed by atoms with Gasteiger partial charge in [-0.1, -0.05) is 6.07 Å². The topological polar surface area (TPSA) is 78.3 Å². The average molecular weight is 296 g/mol. The van der Waals surface area contributed by atoms with Crippen molar-refractivity contribution >= 4 is 11.6 Å².